The largest absolute Gasteiger partial charge is 0.445 e. The summed E-state index contributed by atoms with van der Waals surface area (Å²) in [5.74, 6) is -0.378. The summed E-state index contributed by atoms with van der Waals surface area (Å²) in [7, 11) is 1.54. The summed E-state index contributed by atoms with van der Waals surface area (Å²) < 4.78 is 13.2. The summed E-state index contributed by atoms with van der Waals surface area (Å²) in [6, 6.07) is 22.8. The first-order valence-corrected chi connectivity index (χ1v) is 13.6. The van der Waals surface area contributed by atoms with Crippen molar-refractivity contribution < 1.29 is 19.1 Å². The van der Waals surface area contributed by atoms with E-state index in [-0.39, 0.29) is 18.7 Å². The van der Waals surface area contributed by atoms with Crippen LogP contribution < -0.4 is 5.32 Å². The number of nitrogens with zero attached hydrogens (tertiary/aromatic N) is 3. The molecule has 0 saturated carbocycles. The van der Waals surface area contributed by atoms with Crippen molar-refractivity contribution in [1.29, 1.82) is 0 Å². The Morgan fingerprint density at radius 3 is 2.50 bits per heavy atom. The number of ether oxygens (including phenoxy) is 2. The molecule has 5 rings (SSSR count). The fourth-order valence-corrected chi connectivity index (χ4v) is 4.78. The summed E-state index contributed by atoms with van der Waals surface area (Å²) in [6.45, 7) is 0.856. The van der Waals surface area contributed by atoms with E-state index in [2.05, 4.69) is 10.4 Å². The van der Waals surface area contributed by atoms with Gasteiger partial charge in [-0.3, -0.25) is 9.69 Å². The fourth-order valence-electron chi connectivity index (χ4n) is 4.66. The Balaban J connectivity index is 1.28. The van der Waals surface area contributed by atoms with E-state index in [1.54, 1.807) is 31.3 Å². The molecule has 0 radical (unpaired) electrons. The highest BCUT2D eigenvalue weighted by Crippen LogP contribution is 2.28. The Bertz CT molecular complexity index is 1420. The maximum absolute atomic E-state index is 13.5. The second-order valence-corrected chi connectivity index (χ2v) is 10.1. The lowest BCUT2D eigenvalue weighted by atomic mass is 10.0. The number of halogens is 1. The van der Waals surface area contributed by atoms with Crippen molar-refractivity contribution in [2.24, 2.45) is 0 Å². The predicted octanol–water partition coefficient (Wildman–Crippen LogP) is 6.85. The Hall–Kier alpha value is -4.14. The van der Waals surface area contributed by atoms with Crippen molar-refractivity contribution in [3.05, 3.63) is 107 Å². The van der Waals surface area contributed by atoms with Gasteiger partial charge in [0.15, 0.2) is 0 Å². The van der Waals surface area contributed by atoms with Gasteiger partial charge in [-0.2, -0.15) is 5.10 Å². The monoisotopic (exact) mass is 558 g/mol. The molecular formula is C31H31ClN4O4. The zero-order valence-electron chi connectivity index (χ0n) is 22.2. The van der Waals surface area contributed by atoms with E-state index in [0.717, 1.165) is 42.6 Å². The van der Waals surface area contributed by atoms with E-state index in [1.807, 2.05) is 71.7 Å². The molecular weight excluding hydrogens is 528 g/mol. The lowest BCUT2D eigenvalue weighted by Crippen LogP contribution is -2.39. The Morgan fingerprint density at radius 2 is 1.80 bits per heavy atom. The molecule has 1 fully saturated rings. The first kappa shape index (κ1) is 27.4. The number of amides is 2. The second kappa shape index (κ2) is 12.8. The van der Waals surface area contributed by atoms with Crippen LogP contribution in [-0.4, -0.2) is 40.3 Å². The molecule has 1 N–H and O–H groups in total. The molecule has 0 bridgehead atoms. The molecule has 206 valence electrons. The van der Waals surface area contributed by atoms with Gasteiger partial charge in [0.1, 0.15) is 18.9 Å². The van der Waals surface area contributed by atoms with E-state index in [9.17, 15) is 9.59 Å². The summed E-state index contributed by atoms with van der Waals surface area (Å²) >= 11 is 6.08. The Morgan fingerprint density at radius 1 is 1.05 bits per heavy atom. The molecule has 8 nitrogen and oxygen atoms in total. The molecule has 40 heavy (non-hydrogen) atoms. The molecule has 1 unspecified atom stereocenters. The third-order valence-corrected chi connectivity index (χ3v) is 7.10. The van der Waals surface area contributed by atoms with Crippen molar-refractivity contribution in [1.82, 2.24) is 14.7 Å². The normalized spacial score (nSPS) is 15.7. The van der Waals surface area contributed by atoms with E-state index in [4.69, 9.17) is 21.1 Å². The van der Waals surface area contributed by atoms with Crippen LogP contribution in [0, 0.1) is 0 Å². The van der Waals surface area contributed by atoms with Crippen LogP contribution in [0.4, 0.5) is 10.5 Å². The molecule has 1 aromatic heterocycles. The molecule has 1 saturated heterocycles. The highest BCUT2D eigenvalue weighted by atomic mass is 35.5. The smallest absolute Gasteiger partial charge is 0.410 e. The van der Waals surface area contributed by atoms with E-state index in [0.29, 0.717) is 16.3 Å². The van der Waals surface area contributed by atoms with Crippen LogP contribution in [-0.2, 0) is 20.9 Å². The molecule has 2 heterocycles. The first-order valence-electron chi connectivity index (χ1n) is 13.2. The number of carbonyl (C=O) groups excluding carboxylic acids is 2. The topological polar surface area (TPSA) is 85.7 Å². The average molecular weight is 559 g/mol. The van der Waals surface area contributed by atoms with Gasteiger partial charge < -0.3 is 14.8 Å². The molecule has 2 amide bonds. The number of anilines is 1. The SMILES string of the molecule is CN(C(=O)OCc1ccccc1)[C@@H](C(=O)Nc1ccc(-c2cnn(C3CCCCO3)c2)cc1)c1ccc(Cl)cc1. The van der Waals surface area contributed by atoms with Gasteiger partial charge in [-0.05, 0) is 60.2 Å². The van der Waals surface area contributed by atoms with E-state index >= 15 is 0 Å². The lowest BCUT2D eigenvalue weighted by molar-refractivity contribution is -0.120. The molecule has 1 aliphatic rings. The van der Waals surface area contributed by atoms with Crippen molar-refractivity contribution >= 4 is 29.3 Å². The summed E-state index contributed by atoms with van der Waals surface area (Å²) in [5.41, 5.74) is 3.99. The van der Waals surface area contributed by atoms with Crippen LogP contribution in [0.25, 0.3) is 11.1 Å². The highest BCUT2D eigenvalue weighted by molar-refractivity contribution is 6.30. The van der Waals surface area contributed by atoms with Crippen LogP contribution in [0.3, 0.4) is 0 Å². The highest BCUT2D eigenvalue weighted by Gasteiger charge is 2.30. The standard InChI is InChI=1S/C31H31ClN4O4/c1-35(31(38)40-21-22-7-3-2-4-8-22)29(24-10-14-26(32)15-11-24)30(37)34-27-16-12-23(13-17-27)25-19-33-36(20-25)28-9-5-6-18-39-28/h2-4,7-8,10-17,19-20,28-29H,5-6,9,18,21H2,1H3,(H,34,37)/t28?,29-/m1/s1. The summed E-state index contributed by atoms with van der Waals surface area (Å²) in [5, 5.41) is 7.96. The first-order chi connectivity index (χ1) is 19.5. The maximum atomic E-state index is 13.5. The number of aromatic nitrogens is 2. The van der Waals surface area contributed by atoms with Crippen LogP contribution in [0.2, 0.25) is 5.02 Å². The molecule has 9 heteroatoms. The zero-order valence-corrected chi connectivity index (χ0v) is 23.0. The van der Waals surface area contributed by atoms with Crippen molar-refractivity contribution in [2.45, 2.75) is 38.1 Å². The molecule has 1 aliphatic heterocycles. The third kappa shape index (κ3) is 6.70. The summed E-state index contributed by atoms with van der Waals surface area (Å²) in [6.07, 6.45) is 6.33. The number of rotatable bonds is 8. The van der Waals surface area contributed by atoms with Gasteiger partial charge in [0, 0.05) is 36.1 Å². The minimum absolute atomic E-state index is 0.0257. The van der Waals surface area contributed by atoms with Crippen LogP contribution in [0.5, 0.6) is 0 Å². The van der Waals surface area contributed by atoms with Gasteiger partial charge in [-0.25, -0.2) is 9.48 Å². The lowest BCUT2D eigenvalue weighted by Gasteiger charge is -2.27. The van der Waals surface area contributed by atoms with Crippen LogP contribution in [0.15, 0.2) is 91.3 Å². The minimum atomic E-state index is -0.936. The zero-order chi connectivity index (χ0) is 27.9. The quantitative estimate of drug-likeness (QED) is 0.255. The van der Waals surface area contributed by atoms with Gasteiger partial charge in [-0.15, -0.1) is 0 Å². The molecule has 2 atom stereocenters. The Kier molecular flexibility index (Phi) is 8.78. The third-order valence-electron chi connectivity index (χ3n) is 6.85. The number of benzene rings is 3. The van der Waals surface area contributed by atoms with E-state index < -0.39 is 12.1 Å². The predicted molar refractivity (Wildman–Crippen MR) is 154 cm³/mol. The molecule has 0 spiro atoms. The minimum Gasteiger partial charge on any atom is -0.445 e. The number of hydrogen-bond acceptors (Lipinski definition) is 5. The van der Waals surface area contributed by atoms with Gasteiger partial charge >= 0.3 is 6.09 Å². The van der Waals surface area contributed by atoms with Crippen molar-refractivity contribution in [3.63, 3.8) is 0 Å². The number of hydrogen-bond donors (Lipinski definition) is 1. The molecule has 4 aromatic rings. The number of nitrogens with one attached hydrogen (secondary N) is 1. The summed E-state index contributed by atoms with van der Waals surface area (Å²) in [4.78, 5) is 27.8. The van der Waals surface area contributed by atoms with Gasteiger partial charge in [0.05, 0.1) is 6.20 Å². The maximum Gasteiger partial charge on any atom is 0.410 e. The number of carbonyl (C=O) groups is 2. The van der Waals surface area contributed by atoms with E-state index in [1.165, 1.54) is 4.90 Å². The van der Waals surface area contributed by atoms with Gasteiger partial charge in [0.2, 0.25) is 0 Å². The van der Waals surface area contributed by atoms with Crippen LogP contribution >= 0.6 is 11.6 Å². The van der Waals surface area contributed by atoms with Crippen molar-refractivity contribution in [3.8, 4) is 11.1 Å². The molecule has 3 aromatic carbocycles. The average Bonchev–Trinajstić information content (AvgIpc) is 3.49. The van der Waals surface area contributed by atoms with Crippen molar-refractivity contribution in [2.75, 3.05) is 19.0 Å². The Labute approximate surface area is 238 Å². The van der Waals surface area contributed by atoms with Gasteiger partial charge in [-0.1, -0.05) is 66.2 Å². The second-order valence-electron chi connectivity index (χ2n) is 9.70. The fraction of sp³-hybridized carbons (Fsp3) is 0.258. The molecule has 0 aliphatic carbocycles. The van der Waals surface area contributed by atoms with Gasteiger partial charge in [0.25, 0.3) is 5.91 Å². The number of likely N-dealkylation sites (N-methyl/N-ethyl adjacent to an activating group) is 1. The van der Waals surface area contributed by atoms with Crippen LogP contribution in [0.1, 0.15) is 42.7 Å².